The SMILES string of the molecule is CC1(F)CCCN(c2ccc(N)cc2)C1. The molecule has 1 fully saturated rings. The molecule has 1 heterocycles. The van der Waals surface area contributed by atoms with Gasteiger partial charge in [0.05, 0.1) is 6.54 Å². The average Bonchev–Trinajstić information content (AvgIpc) is 2.17. The molecule has 2 nitrogen and oxygen atoms in total. The zero-order chi connectivity index (χ0) is 10.9. The molecular weight excluding hydrogens is 191 g/mol. The molecule has 1 aliphatic rings. The summed E-state index contributed by atoms with van der Waals surface area (Å²) in [6.45, 7) is 3.09. The van der Waals surface area contributed by atoms with Crippen molar-refractivity contribution in [3.8, 4) is 0 Å². The summed E-state index contributed by atoms with van der Waals surface area (Å²) >= 11 is 0. The molecule has 0 saturated carbocycles. The largest absolute Gasteiger partial charge is 0.399 e. The zero-order valence-electron chi connectivity index (χ0n) is 9.04. The van der Waals surface area contributed by atoms with E-state index in [2.05, 4.69) is 4.90 Å². The number of hydrogen-bond donors (Lipinski definition) is 1. The molecule has 1 aliphatic heterocycles. The van der Waals surface area contributed by atoms with Gasteiger partial charge in [0.1, 0.15) is 5.67 Å². The summed E-state index contributed by atoms with van der Waals surface area (Å²) < 4.78 is 13.8. The van der Waals surface area contributed by atoms with E-state index in [-0.39, 0.29) is 0 Å². The molecule has 1 aromatic rings. The lowest BCUT2D eigenvalue weighted by molar-refractivity contribution is 0.160. The molecule has 2 N–H and O–H groups in total. The first-order chi connectivity index (χ1) is 7.07. The third kappa shape index (κ3) is 2.41. The first-order valence-corrected chi connectivity index (χ1v) is 5.36. The summed E-state index contributed by atoms with van der Waals surface area (Å²) in [5.74, 6) is 0. The second-order valence-corrected chi connectivity index (χ2v) is 4.53. The van der Waals surface area contributed by atoms with Gasteiger partial charge in [-0.2, -0.15) is 0 Å². The number of anilines is 2. The number of nitrogens with two attached hydrogens (primary N) is 1. The van der Waals surface area contributed by atoms with Gasteiger partial charge in [-0.25, -0.2) is 4.39 Å². The van der Waals surface area contributed by atoms with Gasteiger partial charge in [-0.3, -0.25) is 0 Å². The topological polar surface area (TPSA) is 29.3 Å². The van der Waals surface area contributed by atoms with Crippen LogP contribution in [0.25, 0.3) is 0 Å². The van der Waals surface area contributed by atoms with Crippen LogP contribution in [0.4, 0.5) is 15.8 Å². The van der Waals surface area contributed by atoms with Gasteiger partial charge in [-0.15, -0.1) is 0 Å². The highest BCUT2D eigenvalue weighted by molar-refractivity contribution is 5.53. The summed E-state index contributed by atoms with van der Waals surface area (Å²) in [4.78, 5) is 2.09. The number of halogens is 1. The van der Waals surface area contributed by atoms with E-state index in [1.54, 1.807) is 6.92 Å². The van der Waals surface area contributed by atoms with Crippen molar-refractivity contribution < 1.29 is 4.39 Å². The van der Waals surface area contributed by atoms with Crippen LogP contribution in [0.3, 0.4) is 0 Å². The second-order valence-electron chi connectivity index (χ2n) is 4.53. The lowest BCUT2D eigenvalue weighted by atomic mass is 9.96. The van der Waals surface area contributed by atoms with E-state index in [9.17, 15) is 4.39 Å². The van der Waals surface area contributed by atoms with Crippen molar-refractivity contribution in [3.05, 3.63) is 24.3 Å². The molecule has 0 aliphatic carbocycles. The first kappa shape index (κ1) is 10.3. The Morgan fingerprint density at radius 3 is 2.60 bits per heavy atom. The van der Waals surface area contributed by atoms with E-state index in [0.29, 0.717) is 13.0 Å². The molecule has 3 heteroatoms. The van der Waals surface area contributed by atoms with E-state index in [1.807, 2.05) is 24.3 Å². The molecule has 0 amide bonds. The maximum atomic E-state index is 13.8. The van der Waals surface area contributed by atoms with Gasteiger partial charge >= 0.3 is 0 Å². The van der Waals surface area contributed by atoms with Crippen LogP contribution in [-0.2, 0) is 0 Å². The maximum absolute atomic E-state index is 13.8. The molecule has 0 spiro atoms. The molecule has 2 rings (SSSR count). The van der Waals surface area contributed by atoms with Crippen LogP contribution in [-0.4, -0.2) is 18.8 Å². The standard InChI is InChI=1S/C12H17FN2/c1-12(13)7-2-8-15(9-12)11-5-3-10(14)4-6-11/h3-6H,2,7-9,14H2,1H3. The summed E-state index contributed by atoms with van der Waals surface area (Å²) in [6.07, 6.45) is 1.58. The fraction of sp³-hybridized carbons (Fsp3) is 0.500. The minimum atomic E-state index is -1.06. The van der Waals surface area contributed by atoms with Crippen molar-refractivity contribution in [2.45, 2.75) is 25.4 Å². The molecule has 0 aromatic heterocycles. The van der Waals surface area contributed by atoms with E-state index in [1.165, 1.54) is 0 Å². The van der Waals surface area contributed by atoms with Crippen molar-refractivity contribution in [3.63, 3.8) is 0 Å². The summed E-state index contributed by atoms with van der Waals surface area (Å²) in [5, 5.41) is 0. The van der Waals surface area contributed by atoms with Crippen molar-refractivity contribution in [2.24, 2.45) is 0 Å². The van der Waals surface area contributed by atoms with Crippen LogP contribution >= 0.6 is 0 Å². The summed E-state index contributed by atoms with van der Waals surface area (Å²) in [7, 11) is 0. The summed E-state index contributed by atoms with van der Waals surface area (Å²) in [5.41, 5.74) is 6.37. The van der Waals surface area contributed by atoms with Crippen LogP contribution in [0, 0.1) is 0 Å². The van der Waals surface area contributed by atoms with Gasteiger partial charge in [-0.05, 0) is 44.0 Å². The quantitative estimate of drug-likeness (QED) is 0.719. The number of benzene rings is 1. The fourth-order valence-corrected chi connectivity index (χ4v) is 2.10. The molecule has 82 valence electrons. The van der Waals surface area contributed by atoms with Crippen molar-refractivity contribution >= 4 is 11.4 Å². The predicted octanol–water partition coefficient (Wildman–Crippen LogP) is 2.60. The molecule has 1 saturated heterocycles. The predicted molar refractivity (Wildman–Crippen MR) is 61.8 cm³/mol. The highest BCUT2D eigenvalue weighted by Crippen LogP contribution is 2.28. The minimum Gasteiger partial charge on any atom is -0.399 e. The molecule has 1 unspecified atom stereocenters. The average molecular weight is 208 g/mol. The monoisotopic (exact) mass is 208 g/mol. The lowest BCUT2D eigenvalue weighted by Gasteiger charge is -2.36. The van der Waals surface area contributed by atoms with Gasteiger partial charge in [0.2, 0.25) is 0 Å². The van der Waals surface area contributed by atoms with Gasteiger partial charge < -0.3 is 10.6 Å². The Kier molecular flexibility index (Phi) is 2.55. The molecule has 0 radical (unpaired) electrons. The normalized spacial score (nSPS) is 26.7. The Labute approximate surface area is 89.9 Å². The first-order valence-electron chi connectivity index (χ1n) is 5.36. The number of hydrogen-bond acceptors (Lipinski definition) is 2. The smallest absolute Gasteiger partial charge is 0.125 e. The van der Waals surface area contributed by atoms with Gasteiger partial charge in [0.15, 0.2) is 0 Å². The number of rotatable bonds is 1. The Morgan fingerprint density at radius 1 is 1.33 bits per heavy atom. The zero-order valence-corrected chi connectivity index (χ0v) is 9.04. The van der Waals surface area contributed by atoms with Crippen LogP contribution in [0.15, 0.2) is 24.3 Å². The minimum absolute atomic E-state index is 0.483. The lowest BCUT2D eigenvalue weighted by Crippen LogP contribution is -2.43. The van der Waals surface area contributed by atoms with E-state index >= 15 is 0 Å². The number of nitrogens with zero attached hydrogens (tertiary/aromatic N) is 1. The van der Waals surface area contributed by atoms with E-state index in [4.69, 9.17) is 5.73 Å². The van der Waals surface area contributed by atoms with Gasteiger partial charge in [-0.1, -0.05) is 0 Å². The Balaban J connectivity index is 2.13. The number of piperidine rings is 1. The molecule has 0 bridgehead atoms. The molecule has 1 atom stereocenters. The highest BCUT2D eigenvalue weighted by atomic mass is 19.1. The van der Waals surface area contributed by atoms with Crippen LogP contribution in [0.2, 0.25) is 0 Å². The van der Waals surface area contributed by atoms with Crippen LogP contribution in [0.1, 0.15) is 19.8 Å². The Morgan fingerprint density at radius 2 is 2.00 bits per heavy atom. The second kappa shape index (κ2) is 3.72. The maximum Gasteiger partial charge on any atom is 0.125 e. The van der Waals surface area contributed by atoms with Crippen LogP contribution in [0.5, 0.6) is 0 Å². The molecule has 1 aromatic carbocycles. The van der Waals surface area contributed by atoms with Gasteiger partial charge in [0.25, 0.3) is 0 Å². The van der Waals surface area contributed by atoms with Crippen molar-refractivity contribution in [1.29, 1.82) is 0 Å². The number of alkyl halides is 1. The third-order valence-corrected chi connectivity index (χ3v) is 2.90. The number of nitrogen functional groups attached to an aromatic ring is 1. The summed E-state index contributed by atoms with van der Waals surface area (Å²) in [6, 6.07) is 7.63. The Bertz CT molecular complexity index is 332. The van der Waals surface area contributed by atoms with E-state index in [0.717, 1.165) is 24.3 Å². The fourth-order valence-electron chi connectivity index (χ4n) is 2.10. The third-order valence-electron chi connectivity index (χ3n) is 2.90. The highest BCUT2D eigenvalue weighted by Gasteiger charge is 2.30. The van der Waals surface area contributed by atoms with E-state index < -0.39 is 5.67 Å². The molecular formula is C12H17FN2. The molecule has 15 heavy (non-hydrogen) atoms. The Hall–Kier alpha value is -1.25. The van der Waals surface area contributed by atoms with Crippen molar-refractivity contribution in [2.75, 3.05) is 23.7 Å². The van der Waals surface area contributed by atoms with Crippen molar-refractivity contribution in [1.82, 2.24) is 0 Å². The van der Waals surface area contributed by atoms with Crippen LogP contribution < -0.4 is 10.6 Å². The van der Waals surface area contributed by atoms with Gasteiger partial charge in [0, 0.05) is 17.9 Å².